The van der Waals surface area contributed by atoms with Crippen LogP contribution in [0.1, 0.15) is 38.2 Å². The monoisotopic (exact) mass is 373 g/mol. The number of amides is 1. The van der Waals surface area contributed by atoms with E-state index >= 15 is 0 Å². The first-order chi connectivity index (χ1) is 13.0. The predicted octanol–water partition coefficient (Wildman–Crippen LogP) is 3.05. The summed E-state index contributed by atoms with van der Waals surface area (Å²) in [7, 11) is 1.79. The van der Waals surface area contributed by atoms with E-state index in [1.807, 2.05) is 12.1 Å². The minimum Gasteiger partial charge on any atom is -0.486 e. The summed E-state index contributed by atoms with van der Waals surface area (Å²) >= 11 is 0. The molecule has 0 aromatic heterocycles. The van der Waals surface area contributed by atoms with Crippen LogP contribution in [-0.4, -0.2) is 49.7 Å². The highest BCUT2D eigenvalue weighted by atomic mass is 16.6. The first-order valence-corrected chi connectivity index (χ1v) is 9.53. The van der Waals surface area contributed by atoms with Crippen LogP contribution < -0.4 is 9.47 Å². The zero-order chi connectivity index (χ0) is 19.2. The summed E-state index contributed by atoms with van der Waals surface area (Å²) in [6, 6.07) is 5.70. The summed E-state index contributed by atoms with van der Waals surface area (Å²) in [5, 5.41) is 0. The Hall–Kier alpha value is -2.50. The highest BCUT2D eigenvalue weighted by Crippen LogP contribution is 2.31. The van der Waals surface area contributed by atoms with Gasteiger partial charge in [0.05, 0.1) is 0 Å². The Kier molecular flexibility index (Phi) is 6.37. The molecule has 6 heteroatoms. The molecular formula is C21H27NO5. The van der Waals surface area contributed by atoms with Crippen LogP contribution in [0, 0.1) is 5.92 Å². The van der Waals surface area contributed by atoms with Crippen molar-refractivity contribution in [1.29, 1.82) is 0 Å². The standard InChI is InChI=1S/C21H27NO5/c1-15-3-7-17(8-4-15)22(2)20(23)14-27-21(24)10-6-16-5-9-18-19(13-16)26-12-11-25-18/h5-6,9-10,13,15,17H,3-4,7-8,11-12,14H2,1-2H3/b10-6+. The van der Waals surface area contributed by atoms with Crippen molar-refractivity contribution in [2.45, 2.75) is 38.6 Å². The first kappa shape index (κ1) is 19.3. The summed E-state index contributed by atoms with van der Waals surface area (Å²) in [5.41, 5.74) is 0.802. The fraction of sp³-hybridized carbons (Fsp3) is 0.524. The third kappa shape index (κ3) is 5.25. The predicted molar refractivity (Wildman–Crippen MR) is 102 cm³/mol. The second-order valence-electron chi connectivity index (χ2n) is 7.26. The van der Waals surface area contributed by atoms with E-state index < -0.39 is 5.97 Å². The highest BCUT2D eigenvalue weighted by Gasteiger charge is 2.25. The zero-order valence-corrected chi connectivity index (χ0v) is 16.0. The van der Waals surface area contributed by atoms with Gasteiger partial charge in [-0.3, -0.25) is 4.79 Å². The number of ether oxygens (including phenoxy) is 3. The fourth-order valence-electron chi connectivity index (χ4n) is 3.44. The molecule has 1 saturated carbocycles. The second-order valence-corrected chi connectivity index (χ2v) is 7.26. The topological polar surface area (TPSA) is 65.1 Å². The number of nitrogens with zero attached hydrogens (tertiary/aromatic N) is 1. The molecule has 1 aromatic rings. The van der Waals surface area contributed by atoms with Gasteiger partial charge in [-0.05, 0) is 55.4 Å². The van der Waals surface area contributed by atoms with Gasteiger partial charge in [0.25, 0.3) is 5.91 Å². The molecule has 1 aliphatic carbocycles. The molecule has 0 radical (unpaired) electrons. The molecule has 0 unspecified atom stereocenters. The first-order valence-electron chi connectivity index (χ1n) is 9.53. The SMILES string of the molecule is CC1CCC(N(C)C(=O)COC(=O)/C=C/c2ccc3c(c2)OCCO3)CC1. The molecule has 1 fully saturated rings. The Balaban J connectivity index is 1.46. The van der Waals surface area contributed by atoms with E-state index in [1.54, 1.807) is 24.1 Å². The van der Waals surface area contributed by atoms with Gasteiger partial charge in [0.2, 0.25) is 0 Å². The number of hydrogen-bond acceptors (Lipinski definition) is 5. The Morgan fingerprint density at radius 1 is 1.15 bits per heavy atom. The normalized spacial score (nSPS) is 21.7. The molecule has 1 heterocycles. The molecule has 0 saturated heterocycles. The lowest BCUT2D eigenvalue weighted by Crippen LogP contribution is -2.41. The number of fused-ring (bicyclic) bond motifs is 1. The molecule has 0 bridgehead atoms. The Labute approximate surface area is 160 Å². The average Bonchev–Trinajstić information content (AvgIpc) is 2.70. The van der Waals surface area contributed by atoms with Crippen molar-refractivity contribution in [2.75, 3.05) is 26.9 Å². The maximum Gasteiger partial charge on any atom is 0.331 e. The van der Waals surface area contributed by atoms with Crippen molar-refractivity contribution in [3.63, 3.8) is 0 Å². The van der Waals surface area contributed by atoms with Crippen LogP contribution in [0.2, 0.25) is 0 Å². The number of likely N-dealkylation sites (N-methyl/N-ethyl adjacent to an activating group) is 1. The Bertz CT molecular complexity index is 707. The molecule has 0 atom stereocenters. The Morgan fingerprint density at radius 3 is 2.59 bits per heavy atom. The van der Waals surface area contributed by atoms with Crippen molar-refractivity contribution in [3.05, 3.63) is 29.8 Å². The molecule has 3 rings (SSSR count). The fourth-order valence-corrected chi connectivity index (χ4v) is 3.44. The third-order valence-electron chi connectivity index (χ3n) is 5.24. The number of carbonyl (C=O) groups is 2. The lowest BCUT2D eigenvalue weighted by Gasteiger charge is -2.33. The summed E-state index contributed by atoms with van der Waals surface area (Å²) < 4.78 is 16.1. The van der Waals surface area contributed by atoms with Gasteiger partial charge < -0.3 is 19.1 Å². The molecule has 0 spiro atoms. The van der Waals surface area contributed by atoms with E-state index in [9.17, 15) is 9.59 Å². The molecule has 0 N–H and O–H groups in total. The van der Waals surface area contributed by atoms with Gasteiger partial charge in [0, 0.05) is 19.2 Å². The molecule has 6 nitrogen and oxygen atoms in total. The number of carbonyl (C=O) groups excluding carboxylic acids is 2. The van der Waals surface area contributed by atoms with Gasteiger partial charge in [0.15, 0.2) is 18.1 Å². The Morgan fingerprint density at radius 2 is 1.85 bits per heavy atom. The van der Waals surface area contributed by atoms with E-state index in [1.165, 1.54) is 6.08 Å². The summed E-state index contributed by atoms with van der Waals surface area (Å²) in [4.78, 5) is 25.9. The molecule has 1 aliphatic heterocycles. The maximum absolute atomic E-state index is 12.3. The summed E-state index contributed by atoms with van der Waals surface area (Å²) in [5.74, 6) is 1.40. The van der Waals surface area contributed by atoms with Gasteiger partial charge in [-0.1, -0.05) is 13.0 Å². The lowest BCUT2D eigenvalue weighted by molar-refractivity contribution is -0.148. The van der Waals surface area contributed by atoms with E-state index in [0.717, 1.165) is 37.2 Å². The number of esters is 1. The number of rotatable bonds is 5. The van der Waals surface area contributed by atoms with Crippen LogP contribution in [-0.2, 0) is 14.3 Å². The molecule has 146 valence electrons. The molecule has 27 heavy (non-hydrogen) atoms. The number of benzene rings is 1. The minimum absolute atomic E-state index is 0.157. The van der Waals surface area contributed by atoms with Gasteiger partial charge in [0.1, 0.15) is 13.2 Å². The van der Waals surface area contributed by atoms with E-state index in [0.29, 0.717) is 24.7 Å². The van der Waals surface area contributed by atoms with E-state index in [4.69, 9.17) is 14.2 Å². The van der Waals surface area contributed by atoms with Crippen molar-refractivity contribution in [3.8, 4) is 11.5 Å². The van der Waals surface area contributed by atoms with Crippen LogP contribution in [0.4, 0.5) is 0 Å². The molecular weight excluding hydrogens is 346 g/mol. The summed E-state index contributed by atoms with van der Waals surface area (Å²) in [6.07, 6.45) is 7.27. The van der Waals surface area contributed by atoms with Crippen LogP contribution >= 0.6 is 0 Å². The van der Waals surface area contributed by atoms with Crippen LogP contribution in [0.25, 0.3) is 6.08 Å². The highest BCUT2D eigenvalue weighted by molar-refractivity contribution is 5.89. The second kappa shape index (κ2) is 8.93. The maximum atomic E-state index is 12.3. The average molecular weight is 373 g/mol. The van der Waals surface area contributed by atoms with Gasteiger partial charge in [-0.2, -0.15) is 0 Å². The van der Waals surface area contributed by atoms with Gasteiger partial charge in [-0.25, -0.2) is 4.79 Å². The molecule has 1 aromatic carbocycles. The lowest BCUT2D eigenvalue weighted by atomic mass is 9.87. The van der Waals surface area contributed by atoms with Gasteiger partial charge >= 0.3 is 5.97 Å². The van der Waals surface area contributed by atoms with Crippen molar-refractivity contribution in [1.82, 2.24) is 4.90 Å². The van der Waals surface area contributed by atoms with E-state index in [-0.39, 0.29) is 18.6 Å². The van der Waals surface area contributed by atoms with Crippen LogP contribution in [0.15, 0.2) is 24.3 Å². The summed E-state index contributed by atoms with van der Waals surface area (Å²) in [6.45, 7) is 3.06. The smallest absolute Gasteiger partial charge is 0.331 e. The van der Waals surface area contributed by atoms with Gasteiger partial charge in [-0.15, -0.1) is 0 Å². The largest absolute Gasteiger partial charge is 0.486 e. The van der Waals surface area contributed by atoms with Crippen molar-refractivity contribution < 1.29 is 23.8 Å². The third-order valence-corrected chi connectivity index (χ3v) is 5.24. The number of hydrogen-bond donors (Lipinski definition) is 0. The van der Waals surface area contributed by atoms with Crippen molar-refractivity contribution in [2.24, 2.45) is 5.92 Å². The van der Waals surface area contributed by atoms with Crippen LogP contribution in [0.5, 0.6) is 11.5 Å². The van der Waals surface area contributed by atoms with E-state index in [2.05, 4.69) is 6.92 Å². The molecule has 1 amide bonds. The van der Waals surface area contributed by atoms with Crippen LogP contribution in [0.3, 0.4) is 0 Å². The molecule has 2 aliphatic rings. The quantitative estimate of drug-likeness (QED) is 0.586. The minimum atomic E-state index is -0.538. The van der Waals surface area contributed by atoms with Crippen molar-refractivity contribution >= 4 is 18.0 Å². The zero-order valence-electron chi connectivity index (χ0n) is 16.0.